The van der Waals surface area contributed by atoms with Crippen molar-refractivity contribution in [2.24, 2.45) is 11.1 Å². The molecule has 1 heterocycles. The highest BCUT2D eigenvalue weighted by molar-refractivity contribution is 5.85. The number of nitrogens with one attached hydrogen (secondary N) is 1. The molecule has 0 aromatic carbocycles. The summed E-state index contributed by atoms with van der Waals surface area (Å²) in [6.07, 6.45) is 1.35. The Kier molecular flexibility index (Phi) is 2.65. The van der Waals surface area contributed by atoms with Gasteiger partial charge in [0.2, 0.25) is 5.91 Å². The number of hydrogen-bond acceptors (Lipinski definition) is 4. The number of hydrogen-bond donors (Lipinski definition) is 2. The minimum atomic E-state index is -0.399. The molecule has 0 spiro atoms. The van der Waals surface area contributed by atoms with E-state index in [1.54, 1.807) is 6.92 Å². The molecule has 5 heteroatoms. The molecule has 13 heavy (non-hydrogen) atoms. The number of nitriles is 1. The molecule has 5 nitrogen and oxygen atoms in total. The van der Waals surface area contributed by atoms with Crippen LogP contribution in [-0.4, -0.2) is 17.3 Å². The molecule has 1 atom stereocenters. The highest BCUT2D eigenvalue weighted by Crippen LogP contribution is 2.20. The average molecular weight is 179 g/mol. The fourth-order valence-electron chi connectivity index (χ4n) is 1.28. The SMILES string of the molecule is CC1=C(C#N)[C@@H](/C=N\O)CC(=O)N1. The Morgan fingerprint density at radius 2 is 2.54 bits per heavy atom. The Labute approximate surface area is 75.3 Å². The van der Waals surface area contributed by atoms with Gasteiger partial charge in [-0.05, 0) is 6.92 Å². The predicted octanol–water partition coefficient (Wildman–Crippen LogP) is 0.380. The predicted molar refractivity (Wildman–Crippen MR) is 44.8 cm³/mol. The first-order valence-electron chi connectivity index (χ1n) is 3.77. The van der Waals surface area contributed by atoms with Gasteiger partial charge in [-0.25, -0.2) is 0 Å². The summed E-state index contributed by atoms with van der Waals surface area (Å²) < 4.78 is 0. The van der Waals surface area contributed by atoms with Crippen LogP contribution in [0.15, 0.2) is 16.4 Å². The fourth-order valence-corrected chi connectivity index (χ4v) is 1.28. The van der Waals surface area contributed by atoms with Crippen LogP contribution in [0, 0.1) is 17.2 Å². The molecule has 68 valence electrons. The van der Waals surface area contributed by atoms with E-state index in [0.717, 1.165) is 0 Å². The number of allylic oxidation sites excluding steroid dienone is 2. The van der Waals surface area contributed by atoms with Crippen LogP contribution in [0.1, 0.15) is 13.3 Å². The van der Waals surface area contributed by atoms with Crippen LogP contribution in [-0.2, 0) is 4.79 Å². The smallest absolute Gasteiger partial charge is 0.225 e. The molecule has 1 aliphatic heterocycles. The quantitative estimate of drug-likeness (QED) is 0.346. The monoisotopic (exact) mass is 179 g/mol. The molecule has 2 N–H and O–H groups in total. The average Bonchev–Trinajstić information content (AvgIpc) is 2.04. The summed E-state index contributed by atoms with van der Waals surface area (Å²) in [6.45, 7) is 1.65. The highest BCUT2D eigenvalue weighted by atomic mass is 16.4. The van der Waals surface area contributed by atoms with Crippen molar-refractivity contribution in [1.29, 1.82) is 5.26 Å². The Morgan fingerprint density at radius 1 is 1.85 bits per heavy atom. The van der Waals surface area contributed by atoms with Gasteiger partial charge in [0.25, 0.3) is 0 Å². The third kappa shape index (κ3) is 1.85. The fraction of sp³-hybridized carbons (Fsp3) is 0.375. The summed E-state index contributed by atoms with van der Waals surface area (Å²) in [5.74, 6) is -0.565. The summed E-state index contributed by atoms with van der Waals surface area (Å²) >= 11 is 0. The first kappa shape index (κ1) is 9.26. The van der Waals surface area contributed by atoms with Crippen LogP contribution in [0.4, 0.5) is 0 Å². The second-order valence-electron chi connectivity index (χ2n) is 2.77. The summed E-state index contributed by atoms with van der Waals surface area (Å²) in [5.41, 5.74) is 0.973. The van der Waals surface area contributed by atoms with Crippen molar-refractivity contribution in [1.82, 2.24) is 5.32 Å². The molecular formula is C8H9N3O2. The molecule has 1 aliphatic rings. The zero-order valence-corrected chi connectivity index (χ0v) is 7.11. The molecule has 0 aromatic rings. The lowest BCUT2D eigenvalue weighted by Crippen LogP contribution is -2.32. The normalized spacial score (nSPS) is 23.1. The van der Waals surface area contributed by atoms with Crippen LogP contribution < -0.4 is 5.32 Å². The molecular weight excluding hydrogens is 170 g/mol. The Balaban J connectivity index is 3.01. The van der Waals surface area contributed by atoms with Crippen molar-refractivity contribution in [2.75, 3.05) is 0 Å². The van der Waals surface area contributed by atoms with Crippen molar-refractivity contribution in [2.45, 2.75) is 13.3 Å². The van der Waals surface area contributed by atoms with Crippen LogP contribution >= 0.6 is 0 Å². The van der Waals surface area contributed by atoms with Crippen molar-refractivity contribution in [3.05, 3.63) is 11.3 Å². The van der Waals surface area contributed by atoms with Crippen LogP contribution in [0.3, 0.4) is 0 Å². The van der Waals surface area contributed by atoms with E-state index in [4.69, 9.17) is 10.5 Å². The van der Waals surface area contributed by atoms with Gasteiger partial charge >= 0.3 is 0 Å². The molecule has 0 aliphatic carbocycles. The van der Waals surface area contributed by atoms with E-state index in [0.29, 0.717) is 11.3 Å². The number of carbonyl (C=O) groups excluding carboxylic acids is 1. The van der Waals surface area contributed by atoms with E-state index in [1.165, 1.54) is 6.21 Å². The molecule has 1 amide bonds. The molecule has 0 bridgehead atoms. The standard InChI is InChI=1S/C8H9N3O2/c1-5-7(3-9)6(4-10-13)2-8(12)11-5/h4,6,13H,2H2,1H3,(H,11,12)/b10-4-/t6-/m1/s1. The second kappa shape index (κ2) is 3.72. The van der Waals surface area contributed by atoms with E-state index in [-0.39, 0.29) is 12.3 Å². The van der Waals surface area contributed by atoms with E-state index >= 15 is 0 Å². The molecule has 0 fully saturated rings. The van der Waals surface area contributed by atoms with E-state index in [9.17, 15) is 4.79 Å². The number of rotatable bonds is 1. The molecule has 0 unspecified atom stereocenters. The minimum Gasteiger partial charge on any atom is -0.411 e. The minimum absolute atomic E-state index is 0.157. The zero-order chi connectivity index (χ0) is 9.84. The molecule has 0 radical (unpaired) electrons. The van der Waals surface area contributed by atoms with Crippen molar-refractivity contribution in [3.8, 4) is 6.07 Å². The number of carbonyl (C=O) groups is 1. The van der Waals surface area contributed by atoms with E-state index in [2.05, 4.69) is 10.5 Å². The van der Waals surface area contributed by atoms with Gasteiger partial charge in [0.05, 0.1) is 17.9 Å². The third-order valence-electron chi connectivity index (χ3n) is 1.87. The second-order valence-corrected chi connectivity index (χ2v) is 2.77. The van der Waals surface area contributed by atoms with Gasteiger partial charge in [0, 0.05) is 18.0 Å². The molecule has 0 saturated carbocycles. The zero-order valence-electron chi connectivity index (χ0n) is 7.11. The maximum atomic E-state index is 11.0. The Bertz CT molecular complexity index is 325. The Hall–Kier alpha value is -1.83. The summed E-state index contributed by atoms with van der Waals surface area (Å²) in [5, 5.41) is 22.4. The summed E-state index contributed by atoms with van der Waals surface area (Å²) in [7, 11) is 0. The van der Waals surface area contributed by atoms with E-state index < -0.39 is 5.92 Å². The Morgan fingerprint density at radius 3 is 3.08 bits per heavy atom. The number of nitrogens with zero attached hydrogens (tertiary/aromatic N) is 2. The van der Waals surface area contributed by atoms with Crippen LogP contribution in [0.25, 0.3) is 0 Å². The maximum absolute atomic E-state index is 11.0. The van der Waals surface area contributed by atoms with Gasteiger partial charge < -0.3 is 10.5 Å². The van der Waals surface area contributed by atoms with Gasteiger partial charge in [-0.15, -0.1) is 5.16 Å². The first-order chi connectivity index (χ1) is 6.19. The summed E-state index contributed by atoms with van der Waals surface area (Å²) in [4.78, 5) is 11.0. The lowest BCUT2D eigenvalue weighted by Gasteiger charge is -2.19. The van der Waals surface area contributed by atoms with Gasteiger partial charge in [-0.3, -0.25) is 4.79 Å². The molecule has 1 rings (SSSR count). The largest absolute Gasteiger partial charge is 0.411 e. The first-order valence-corrected chi connectivity index (χ1v) is 3.77. The topological polar surface area (TPSA) is 85.5 Å². The highest BCUT2D eigenvalue weighted by Gasteiger charge is 2.24. The van der Waals surface area contributed by atoms with Gasteiger partial charge in [-0.1, -0.05) is 0 Å². The van der Waals surface area contributed by atoms with E-state index in [1.807, 2.05) is 6.07 Å². The lowest BCUT2D eigenvalue weighted by molar-refractivity contribution is -0.121. The van der Waals surface area contributed by atoms with Crippen molar-refractivity contribution < 1.29 is 10.0 Å². The molecule has 0 saturated heterocycles. The van der Waals surface area contributed by atoms with Gasteiger partial charge in [0.1, 0.15) is 0 Å². The maximum Gasteiger partial charge on any atom is 0.225 e. The molecule has 0 aromatic heterocycles. The number of oxime groups is 1. The van der Waals surface area contributed by atoms with Gasteiger partial charge in [0.15, 0.2) is 0 Å². The van der Waals surface area contributed by atoms with Crippen molar-refractivity contribution in [3.63, 3.8) is 0 Å². The third-order valence-corrected chi connectivity index (χ3v) is 1.87. The van der Waals surface area contributed by atoms with Gasteiger partial charge in [-0.2, -0.15) is 5.26 Å². The van der Waals surface area contributed by atoms with Crippen LogP contribution in [0.5, 0.6) is 0 Å². The van der Waals surface area contributed by atoms with Crippen LogP contribution in [0.2, 0.25) is 0 Å². The van der Waals surface area contributed by atoms with Crippen molar-refractivity contribution >= 4 is 12.1 Å². The number of amides is 1. The summed E-state index contributed by atoms with van der Waals surface area (Å²) in [6, 6.07) is 1.97. The lowest BCUT2D eigenvalue weighted by atomic mass is 9.93.